The second-order valence-electron chi connectivity index (χ2n) is 5.14. The fraction of sp³-hybridized carbons (Fsp3) is 0.375. The van der Waals surface area contributed by atoms with E-state index in [-0.39, 0.29) is 0 Å². The van der Waals surface area contributed by atoms with Crippen molar-refractivity contribution in [3.05, 3.63) is 56.2 Å². The number of hydrogen-bond donors (Lipinski definition) is 1. The van der Waals surface area contributed by atoms with Crippen LogP contribution in [0.15, 0.2) is 40.9 Å². The first-order valence-corrected chi connectivity index (χ1v) is 8.54. The van der Waals surface area contributed by atoms with E-state index in [2.05, 4.69) is 45.5 Å². The maximum absolute atomic E-state index is 5.77. The zero-order valence-electron chi connectivity index (χ0n) is 11.3. The Hall–Kier alpha value is -0.680. The molecule has 1 aromatic heterocycles. The van der Waals surface area contributed by atoms with Crippen LogP contribution in [0.1, 0.15) is 28.2 Å². The highest BCUT2D eigenvalue weighted by molar-refractivity contribution is 9.10. The van der Waals surface area contributed by atoms with Crippen LogP contribution in [0.5, 0.6) is 0 Å². The van der Waals surface area contributed by atoms with E-state index in [0.717, 1.165) is 17.1 Å². The minimum Gasteiger partial charge on any atom is -0.371 e. The minimum atomic E-state index is 0.667. The molecule has 106 valence electrons. The highest BCUT2D eigenvalue weighted by Crippen LogP contribution is 2.22. The molecule has 0 aliphatic heterocycles. The summed E-state index contributed by atoms with van der Waals surface area (Å²) in [7, 11) is 0. The molecule has 0 radical (unpaired) electrons. The first-order chi connectivity index (χ1) is 9.79. The van der Waals surface area contributed by atoms with Crippen molar-refractivity contribution in [3.8, 4) is 0 Å². The third kappa shape index (κ3) is 4.42. The lowest BCUT2D eigenvalue weighted by Gasteiger charge is -2.03. The second-order valence-corrected chi connectivity index (χ2v) is 7.31. The average Bonchev–Trinajstić information content (AvgIpc) is 3.18. The van der Waals surface area contributed by atoms with Gasteiger partial charge in [0.1, 0.15) is 0 Å². The summed E-state index contributed by atoms with van der Waals surface area (Å²) < 4.78 is 6.88. The molecule has 1 fully saturated rings. The van der Waals surface area contributed by atoms with Crippen molar-refractivity contribution in [1.29, 1.82) is 0 Å². The predicted molar refractivity (Wildman–Crippen MR) is 86.8 cm³/mol. The van der Waals surface area contributed by atoms with E-state index < -0.39 is 0 Å². The van der Waals surface area contributed by atoms with Crippen LogP contribution in [0.2, 0.25) is 0 Å². The molecule has 1 N–H and O–H groups in total. The largest absolute Gasteiger partial charge is 0.371 e. The lowest BCUT2D eigenvalue weighted by atomic mass is 10.2. The van der Waals surface area contributed by atoms with Gasteiger partial charge in [0, 0.05) is 26.8 Å². The van der Waals surface area contributed by atoms with E-state index in [1.807, 2.05) is 23.5 Å². The highest BCUT2D eigenvalue weighted by Gasteiger charge is 2.20. The number of rotatable bonds is 7. The standard InChI is InChI=1S/C16H18BrNOS/c17-13-3-1-12(2-4-13)10-19-11-16-8-7-15(20-16)9-18-14-5-6-14/h1-4,7-8,14,18H,5-6,9-11H2. The van der Waals surface area contributed by atoms with Crippen LogP contribution < -0.4 is 5.32 Å². The Kier molecular flexibility index (Phi) is 4.89. The number of ether oxygens (including phenoxy) is 1. The summed E-state index contributed by atoms with van der Waals surface area (Å²) in [5.41, 5.74) is 1.21. The maximum Gasteiger partial charge on any atom is 0.0814 e. The molecule has 20 heavy (non-hydrogen) atoms. The van der Waals surface area contributed by atoms with Gasteiger partial charge in [-0.05, 0) is 42.7 Å². The summed E-state index contributed by atoms with van der Waals surface area (Å²) in [6.07, 6.45) is 2.68. The molecule has 0 atom stereocenters. The molecule has 2 aromatic rings. The number of halogens is 1. The summed E-state index contributed by atoms with van der Waals surface area (Å²) >= 11 is 5.28. The van der Waals surface area contributed by atoms with Gasteiger partial charge in [0.05, 0.1) is 13.2 Å². The Morgan fingerprint density at radius 1 is 1.05 bits per heavy atom. The van der Waals surface area contributed by atoms with Crippen LogP contribution in [-0.4, -0.2) is 6.04 Å². The van der Waals surface area contributed by atoms with Crippen molar-refractivity contribution in [2.75, 3.05) is 0 Å². The SMILES string of the molecule is Brc1ccc(COCc2ccc(CNC3CC3)s2)cc1. The van der Waals surface area contributed by atoms with Crippen LogP contribution in [0.4, 0.5) is 0 Å². The van der Waals surface area contributed by atoms with Gasteiger partial charge >= 0.3 is 0 Å². The molecule has 1 aliphatic carbocycles. The lowest BCUT2D eigenvalue weighted by Crippen LogP contribution is -2.14. The van der Waals surface area contributed by atoms with Crippen molar-refractivity contribution >= 4 is 27.3 Å². The zero-order valence-corrected chi connectivity index (χ0v) is 13.7. The van der Waals surface area contributed by atoms with Crippen LogP contribution in [-0.2, 0) is 24.5 Å². The Morgan fingerprint density at radius 3 is 2.55 bits per heavy atom. The number of hydrogen-bond acceptors (Lipinski definition) is 3. The molecule has 0 bridgehead atoms. The third-order valence-electron chi connectivity index (χ3n) is 3.29. The molecular weight excluding hydrogens is 334 g/mol. The Balaban J connectivity index is 1.42. The molecule has 2 nitrogen and oxygen atoms in total. The smallest absolute Gasteiger partial charge is 0.0814 e. The Bertz CT molecular complexity index is 548. The molecule has 0 unspecified atom stereocenters. The average molecular weight is 352 g/mol. The summed E-state index contributed by atoms with van der Waals surface area (Å²) in [5, 5.41) is 3.54. The Labute approximate surface area is 132 Å². The van der Waals surface area contributed by atoms with E-state index in [1.165, 1.54) is 28.2 Å². The molecule has 0 spiro atoms. The van der Waals surface area contributed by atoms with Crippen molar-refractivity contribution in [1.82, 2.24) is 5.32 Å². The van der Waals surface area contributed by atoms with Gasteiger partial charge in [0.15, 0.2) is 0 Å². The predicted octanol–water partition coefficient (Wildman–Crippen LogP) is 4.48. The molecule has 0 saturated heterocycles. The second kappa shape index (κ2) is 6.85. The van der Waals surface area contributed by atoms with E-state index in [4.69, 9.17) is 4.74 Å². The van der Waals surface area contributed by atoms with Crippen LogP contribution >= 0.6 is 27.3 Å². The van der Waals surface area contributed by atoms with Crippen molar-refractivity contribution in [2.45, 2.75) is 38.6 Å². The Morgan fingerprint density at radius 2 is 1.80 bits per heavy atom. The van der Waals surface area contributed by atoms with Gasteiger partial charge in [0.25, 0.3) is 0 Å². The molecule has 1 heterocycles. The fourth-order valence-electron chi connectivity index (χ4n) is 1.98. The summed E-state index contributed by atoms with van der Waals surface area (Å²) in [6.45, 7) is 2.37. The highest BCUT2D eigenvalue weighted by atomic mass is 79.9. The van der Waals surface area contributed by atoms with Crippen molar-refractivity contribution in [3.63, 3.8) is 0 Å². The van der Waals surface area contributed by atoms with Gasteiger partial charge in [-0.2, -0.15) is 0 Å². The van der Waals surface area contributed by atoms with Crippen LogP contribution in [0, 0.1) is 0 Å². The number of thiophene rings is 1. The first-order valence-electron chi connectivity index (χ1n) is 6.93. The van der Waals surface area contributed by atoms with E-state index in [9.17, 15) is 0 Å². The third-order valence-corrected chi connectivity index (χ3v) is 4.87. The van der Waals surface area contributed by atoms with Crippen LogP contribution in [0.25, 0.3) is 0 Å². The van der Waals surface area contributed by atoms with Gasteiger partial charge in [-0.3, -0.25) is 0 Å². The summed E-state index contributed by atoms with van der Waals surface area (Å²) in [6, 6.07) is 13.4. The van der Waals surface area contributed by atoms with E-state index in [1.54, 1.807) is 0 Å². The van der Waals surface area contributed by atoms with E-state index in [0.29, 0.717) is 13.2 Å². The molecule has 0 amide bonds. The van der Waals surface area contributed by atoms with Gasteiger partial charge in [-0.15, -0.1) is 11.3 Å². The van der Waals surface area contributed by atoms with E-state index >= 15 is 0 Å². The monoisotopic (exact) mass is 351 g/mol. The molecule has 3 rings (SSSR count). The normalized spacial score (nSPS) is 14.7. The summed E-state index contributed by atoms with van der Waals surface area (Å²) in [4.78, 5) is 2.70. The maximum atomic E-state index is 5.77. The van der Waals surface area contributed by atoms with Gasteiger partial charge in [-0.1, -0.05) is 28.1 Å². The molecule has 1 saturated carbocycles. The lowest BCUT2D eigenvalue weighted by molar-refractivity contribution is 0.109. The molecule has 4 heteroatoms. The zero-order chi connectivity index (χ0) is 13.8. The molecular formula is C16H18BrNOS. The summed E-state index contributed by atoms with van der Waals surface area (Å²) in [5.74, 6) is 0. The quantitative estimate of drug-likeness (QED) is 0.793. The number of nitrogens with one attached hydrogen (secondary N) is 1. The van der Waals surface area contributed by atoms with Gasteiger partial charge in [0.2, 0.25) is 0 Å². The van der Waals surface area contributed by atoms with Crippen molar-refractivity contribution in [2.24, 2.45) is 0 Å². The fourth-order valence-corrected chi connectivity index (χ4v) is 3.15. The first kappa shape index (κ1) is 14.3. The van der Waals surface area contributed by atoms with Gasteiger partial charge in [-0.25, -0.2) is 0 Å². The van der Waals surface area contributed by atoms with Crippen LogP contribution in [0.3, 0.4) is 0 Å². The van der Waals surface area contributed by atoms with Gasteiger partial charge < -0.3 is 10.1 Å². The number of benzene rings is 1. The molecule has 1 aromatic carbocycles. The van der Waals surface area contributed by atoms with Crippen molar-refractivity contribution < 1.29 is 4.74 Å². The topological polar surface area (TPSA) is 21.3 Å². The molecule has 1 aliphatic rings. The minimum absolute atomic E-state index is 0.667.